The van der Waals surface area contributed by atoms with Gasteiger partial charge in [0.1, 0.15) is 6.07 Å². The van der Waals surface area contributed by atoms with Crippen molar-refractivity contribution in [3.63, 3.8) is 0 Å². The first kappa shape index (κ1) is 19.4. The Morgan fingerprint density at radius 2 is 2.07 bits per heavy atom. The van der Waals surface area contributed by atoms with Gasteiger partial charge in [-0.25, -0.2) is 4.79 Å². The molecule has 2 aromatic rings. The molecule has 8 heteroatoms. The van der Waals surface area contributed by atoms with E-state index in [9.17, 15) is 14.4 Å². The smallest absolute Gasteiger partial charge is 0.338 e. The molecule has 142 valence electrons. The summed E-state index contributed by atoms with van der Waals surface area (Å²) in [5.41, 5.74) is 1.35. The van der Waals surface area contributed by atoms with Crippen molar-refractivity contribution in [2.45, 2.75) is 12.8 Å². The molecule has 28 heavy (non-hydrogen) atoms. The Bertz CT molecular complexity index is 984. The Balaban J connectivity index is 1.61. The molecule has 0 unspecified atom stereocenters. The summed E-state index contributed by atoms with van der Waals surface area (Å²) >= 11 is 5.87. The molecule has 0 aliphatic carbocycles. The quantitative estimate of drug-likeness (QED) is 0.781. The van der Waals surface area contributed by atoms with Crippen LogP contribution in [0.4, 0.5) is 11.4 Å². The zero-order chi connectivity index (χ0) is 20.1. The molecule has 1 N–H and O–H groups in total. The van der Waals surface area contributed by atoms with E-state index >= 15 is 0 Å². The van der Waals surface area contributed by atoms with Crippen LogP contribution in [-0.2, 0) is 14.3 Å². The van der Waals surface area contributed by atoms with E-state index in [0.717, 1.165) is 6.42 Å². The van der Waals surface area contributed by atoms with Crippen molar-refractivity contribution in [1.29, 1.82) is 5.26 Å². The van der Waals surface area contributed by atoms with Gasteiger partial charge in [-0.15, -0.1) is 0 Å². The number of benzene rings is 2. The first-order valence-electron chi connectivity index (χ1n) is 8.55. The van der Waals surface area contributed by atoms with Crippen LogP contribution in [0.5, 0.6) is 0 Å². The van der Waals surface area contributed by atoms with Crippen LogP contribution in [0.2, 0.25) is 5.02 Å². The van der Waals surface area contributed by atoms with E-state index in [0.29, 0.717) is 23.7 Å². The number of halogens is 1. The third-order valence-corrected chi connectivity index (χ3v) is 4.41. The molecule has 0 atom stereocenters. The average Bonchev–Trinajstić information content (AvgIpc) is 3.12. The summed E-state index contributed by atoms with van der Waals surface area (Å²) in [4.78, 5) is 37.8. The number of rotatable bonds is 5. The lowest BCUT2D eigenvalue weighted by molar-refractivity contribution is -0.119. The monoisotopic (exact) mass is 397 g/mol. The normalized spacial score (nSPS) is 13.1. The average molecular weight is 398 g/mol. The first-order chi connectivity index (χ1) is 13.5. The van der Waals surface area contributed by atoms with Crippen molar-refractivity contribution in [2.24, 2.45) is 0 Å². The molecule has 2 amide bonds. The van der Waals surface area contributed by atoms with E-state index < -0.39 is 18.5 Å². The number of hydrogen-bond donors (Lipinski definition) is 1. The third-order valence-electron chi connectivity index (χ3n) is 4.18. The van der Waals surface area contributed by atoms with Gasteiger partial charge in [-0.05, 0) is 42.8 Å². The van der Waals surface area contributed by atoms with Gasteiger partial charge in [0.2, 0.25) is 5.91 Å². The lowest BCUT2D eigenvalue weighted by Crippen LogP contribution is -2.24. The third kappa shape index (κ3) is 4.48. The summed E-state index contributed by atoms with van der Waals surface area (Å²) in [6.07, 6.45) is 1.27. The fourth-order valence-electron chi connectivity index (χ4n) is 2.84. The predicted octanol–water partition coefficient (Wildman–Crippen LogP) is 3.13. The minimum Gasteiger partial charge on any atom is -0.452 e. The zero-order valence-corrected chi connectivity index (χ0v) is 15.5. The van der Waals surface area contributed by atoms with Gasteiger partial charge in [-0.2, -0.15) is 5.26 Å². The van der Waals surface area contributed by atoms with Gasteiger partial charge >= 0.3 is 5.97 Å². The minimum atomic E-state index is -0.685. The maximum Gasteiger partial charge on any atom is 0.338 e. The number of anilines is 2. The fourth-order valence-corrected chi connectivity index (χ4v) is 3.01. The minimum absolute atomic E-state index is 0.0136. The van der Waals surface area contributed by atoms with Crippen LogP contribution in [0.3, 0.4) is 0 Å². The molecule has 2 aromatic carbocycles. The van der Waals surface area contributed by atoms with Crippen LogP contribution < -0.4 is 10.2 Å². The topological polar surface area (TPSA) is 99.5 Å². The van der Waals surface area contributed by atoms with Crippen molar-refractivity contribution in [3.05, 3.63) is 58.6 Å². The highest BCUT2D eigenvalue weighted by molar-refractivity contribution is 6.31. The second-order valence-corrected chi connectivity index (χ2v) is 6.56. The summed E-state index contributed by atoms with van der Waals surface area (Å²) in [5.74, 6) is -1.27. The molecule has 0 bridgehead atoms. The molecule has 0 saturated carbocycles. The van der Waals surface area contributed by atoms with Crippen molar-refractivity contribution < 1.29 is 19.1 Å². The van der Waals surface area contributed by atoms with Gasteiger partial charge in [0.15, 0.2) is 6.61 Å². The van der Waals surface area contributed by atoms with Crippen molar-refractivity contribution >= 4 is 40.8 Å². The number of nitrogens with one attached hydrogen (secondary N) is 1. The molecule has 1 heterocycles. The number of hydrogen-bond acceptors (Lipinski definition) is 5. The Morgan fingerprint density at radius 3 is 2.79 bits per heavy atom. The lowest BCUT2D eigenvalue weighted by atomic mass is 10.2. The Kier molecular flexibility index (Phi) is 5.92. The van der Waals surface area contributed by atoms with E-state index in [1.165, 1.54) is 18.2 Å². The van der Waals surface area contributed by atoms with E-state index in [4.69, 9.17) is 21.6 Å². The highest BCUT2D eigenvalue weighted by atomic mass is 35.5. The van der Waals surface area contributed by atoms with Crippen LogP contribution in [0.1, 0.15) is 28.8 Å². The number of amides is 2. The maximum atomic E-state index is 12.2. The first-order valence-corrected chi connectivity index (χ1v) is 8.93. The number of carbonyl (C=O) groups excluding carboxylic acids is 3. The van der Waals surface area contributed by atoms with Gasteiger partial charge in [-0.3, -0.25) is 9.59 Å². The van der Waals surface area contributed by atoms with Gasteiger partial charge in [-0.1, -0.05) is 17.7 Å². The molecular formula is C20H16ClN3O4. The Labute approximate surface area is 166 Å². The van der Waals surface area contributed by atoms with Gasteiger partial charge in [0.05, 0.1) is 16.8 Å². The Hall–Kier alpha value is -3.37. The standard InChI is InChI=1S/C20H16ClN3O4/c21-15-7-6-14(11-22)17(10-15)23-18(25)12-28-20(27)13-3-1-4-16(9-13)24-8-2-5-19(24)26/h1,3-4,6-7,9-10H,2,5,8,12H2,(H,23,25). The molecule has 3 rings (SSSR count). The van der Waals surface area contributed by atoms with Crippen molar-refractivity contribution in [3.8, 4) is 6.07 Å². The lowest BCUT2D eigenvalue weighted by Gasteiger charge is -2.16. The highest BCUT2D eigenvalue weighted by Crippen LogP contribution is 2.23. The van der Waals surface area contributed by atoms with Crippen LogP contribution in [0.25, 0.3) is 0 Å². The second-order valence-electron chi connectivity index (χ2n) is 6.13. The Morgan fingerprint density at radius 1 is 1.25 bits per heavy atom. The van der Waals surface area contributed by atoms with Crippen LogP contribution >= 0.6 is 11.6 Å². The maximum absolute atomic E-state index is 12.2. The summed E-state index contributed by atoms with van der Waals surface area (Å²) in [5, 5.41) is 11.9. The van der Waals surface area contributed by atoms with E-state index in [-0.39, 0.29) is 22.7 Å². The van der Waals surface area contributed by atoms with Gasteiger partial charge in [0, 0.05) is 23.7 Å². The zero-order valence-electron chi connectivity index (χ0n) is 14.8. The van der Waals surface area contributed by atoms with E-state index in [1.807, 2.05) is 6.07 Å². The van der Waals surface area contributed by atoms with Crippen molar-refractivity contribution in [1.82, 2.24) is 0 Å². The van der Waals surface area contributed by atoms with Crippen LogP contribution in [0.15, 0.2) is 42.5 Å². The molecule has 1 saturated heterocycles. The second kappa shape index (κ2) is 8.55. The molecule has 0 aromatic heterocycles. The number of esters is 1. The summed E-state index contributed by atoms with van der Waals surface area (Å²) in [7, 11) is 0. The summed E-state index contributed by atoms with van der Waals surface area (Å²) < 4.78 is 5.04. The number of nitriles is 1. The van der Waals surface area contributed by atoms with Gasteiger partial charge < -0.3 is 15.0 Å². The largest absolute Gasteiger partial charge is 0.452 e. The molecular weight excluding hydrogens is 382 g/mol. The molecule has 7 nitrogen and oxygen atoms in total. The number of carbonyl (C=O) groups is 3. The van der Waals surface area contributed by atoms with E-state index in [2.05, 4.69) is 5.32 Å². The fraction of sp³-hybridized carbons (Fsp3) is 0.200. The molecule has 1 aliphatic rings. The number of nitrogens with zero attached hydrogens (tertiary/aromatic N) is 2. The summed E-state index contributed by atoms with van der Waals surface area (Å²) in [6, 6.07) is 12.9. The SMILES string of the molecule is N#Cc1ccc(Cl)cc1NC(=O)COC(=O)c1cccc(N2CCCC2=O)c1. The predicted molar refractivity (Wildman–Crippen MR) is 103 cm³/mol. The summed E-state index contributed by atoms with van der Waals surface area (Å²) in [6.45, 7) is 0.0870. The van der Waals surface area contributed by atoms with Gasteiger partial charge in [0.25, 0.3) is 5.91 Å². The van der Waals surface area contributed by atoms with Crippen LogP contribution in [0, 0.1) is 11.3 Å². The molecule has 0 radical (unpaired) electrons. The van der Waals surface area contributed by atoms with Crippen LogP contribution in [-0.4, -0.2) is 30.9 Å². The molecule has 0 spiro atoms. The van der Waals surface area contributed by atoms with Crippen molar-refractivity contribution in [2.75, 3.05) is 23.4 Å². The number of ether oxygens (including phenoxy) is 1. The molecule has 1 fully saturated rings. The molecule has 1 aliphatic heterocycles. The highest BCUT2D eigenvalue weighted by Gasteiger charge is 2.22. The van der Waals surface area contributed by atoms with E-state index in [1.54, 1.807) is 29.2 Å².